The lowest BCUT2D eigenvalue weighted by Crippen LogP contribution is -2.55. The van der Waals surface area contributed by atoms with Gasteiger partial charge >= 0.3 is 0 Å². The molecule has 0 spiro atoms. The van der Waals surface area contributed by atoms with Gasteiger partial charge in [0.1, 0.15) is 70.2 Å². The average Bonchev–Trinajstić information content (AvgIpc) is 0.846. The van der Waals surface area contributed by atoms with Crippen LogP contribution in [-0.2, 0) is 19.6 Å². The molecule has 22 heteroatoms. The van der Waals surface area contributed by atoms with E-state index in [2.05, 4.69) is 30.6 Å². The zero-order valence-electron chi connectivity index (χ0n) is 51.9. The lowest BCUT2D eigenvalue weighted by molar-refractivity contribution is -0.894. The molecule has 0 amide bonds. The molecule has 486 valence electrons. The maximum atomic E-state index is 13.5. The van der Waals surface area contributed by atoms with Gasteiger partial charge in [-0.2, -0.15) is 9.46 Å². The molecule has 6 aliphatic heterocycles. The molecular weight excluding hydrogens is 1210 g/mol. The molecule has 0 aliphatic carbocycles. The van der Waals surface area contributed by atoms with E-state index in [0.29, 0.717) is 121 Å². The molecule has 19 nitrogen and oxygen atoms in total. The summed E-state index contributed by atoms with van der Waals surface area (Å²) in [7, 11) is 0. The van der Waals surface area contributed by atoms with Gasteiger partial charge in [-0.1, -0.05) is 54.6 Å². The molecule has 6 aliphatic rings. The van der Waals surface area contributed by atoms with E-state index in [1.165, 1.54) is 55.0 Å². The Morgan fingerprint density at radius 3 is 1.18 bits per heavy atom. The Balaban J connectivity index is 0.000000128. The molecule has 0 saturated carbocycles. The van der Waals surface area contributed by atoms with Crippen LogP contribution >= 0.6 is 0 Å². The predicted molar refractivity (Wildman–Crippen MR) is 350 cm³/mol. The summed E-state index contributed by atoms with van der Waals surface area (Å²) in [5, 5.41) is 51.2. The van der Waals surface area contributed by atoms with Gasteiger partial charge in [-0.05, 0) is 108 Å². The first-order valence-electron chi connectivity index (χ1n) is 31.7. The Morgan fingerprint density at radius 2 is 0.745 bits per heavy atom. The van der Waals surface area contributed by atoms with Gasteiger partial charge in [0.25, 0.3) is 0 Å². The summed E-state index contributed by atoms with van der Waals surface area (Å²) in [6, 6.07) is 42.0. The highest BCUT2D eigenvalue weighted by Gasteiger charge is 2.32. The first-order chi connectivity index (χ1) is 45.7. The van der Waals surface area contributed by atoms with Crippen molar-refractivity contribution in [1.29, 1.82) is 0 Å². The van der Waals surface area contributed by atoms with Crippen LogP contribution in [0.25, 0.3) is 33.4 Å². The number of ether oxygens (including phenoxy) is 6. The second-order valence-electron chi connectivity index (χ2n) is 24.2. The first-order valence-corrected chi connectivity index (χ1v) is 31.7. The van der Waals surface area contributed by atoms with E-state index in [4.69, 9.17) is 28.4 Å². The molecule has 9 aromatic rings. The number of hydrogen-bond acceptors (Lipinski definition) is 15. The van der Waals surface area contributed by atoms with Crippen molar-refractivity contribution in [2.24, 2.45) is 0 Å². The molecule has 9 heterocycles. The van der Waals surface area contributed by atoms with Crippen LogP contribution in [-0.4, -0.2) is 137 Å². The zero-order chi connectivity index (χ0) is 64.6. The molecule has 0 atom stereocenters. The Labute approximate surface area is 543 Å². The van der Waals surface area contributed by atoms with E-state index in [-0.39, 0.29) is 28.6 Å². The van der Waals surface area contributed by atoms with Gasteiger partial charge in [0.15, 0.2) is 59.3 Å². The number of para-hydroxylation sites is 3. The molecule has 3 saturated heterocycles. The van der Waals surface area contributed by atoms with Crippen LogP contribution < -0.4 is 52.6 Å². The maximum absolute atomic E-state index is 13.5. The van der Waals surface area contributed by atoms with Gasteiger partial charge in [-0.3, -0.25) is 9.88 Å². The van der Waals surface area contributed by atoms with Gasteiger partial charge in [0.2, 0.25) is 0 Å². The molecule has 0 unspecified atom stereocenters. The van der Waals surface area contributed by atoms with Gasteiger partial charge < -0.3 is 73.2 Å². The summed E-state index contributed by atoms with van der Waals surface area (Å²) in [6.45, 7) is 12.3. The quantitative estimate of drug-likeness (QED) is 0.0640. The number of hydroxylamine groups is 6. The number of benzene rings is 6. The number of pyridine rings is 3. The SMILES string of the molecule is [O-][N+]1(Cc2cncc(-c3ccc(F)cc3)c2)CCN(c2cccc3c2OCCO3)CC1.[O-][n+]1cc(CN2CCN(c3cccc4c3OCCO4)CC2)cc(-c2ccc(F)cc2)c1.[O-][n+]1cc(C[N+]2([O-])CCN(c3cccc4c3OCCO4)CC2)cc(-c2ccc(F)cc2)c1. The van der Waals surface area contributed by atoms with E-state index in [1.54, 1.807) is 55.0 Å². The van der Waals surface area contributed by atoms with Crippen molar-refractivity contribution in [3.8, 4) is 67.9 Å². The fourth-order valence-electron chi connectivity index (χ4n) is 12.8. The number of quaternary nitrogens is 2. The number of piperazine rings is 3. The van der Waals surface area contributed by atoms with Gasteiger partial charge in [-0.25, -0.2) is 13.2 Å². The lowest BCUT2D eigenvalue weighted by Gasteiger charge is -2.49. The number of anilines is 3. The van der Waals surface area contributed by atoms with Crippen LogP contribution in [0, 0.1) is 38.3 Å². The molecule has 0 radical (unpaired) electrons. The molecule has 94 heavy (non-hydrogen) atoms. The molecular formula is C72H72F3N9O10. The average molecular weight is 1280 g/mol. The molecule has 3 aromatic heterocycles. The highest BCUT2D eigenvalue weighted by atomic mass is 19.1. The smallest absolute Gasteiger partial charge is 0.189 e. The summed E-state index contributed by atoms with van der Waals surface area (Å²) < 4.78 is 75.1. The Bertz CT molecular complexity index is 4080. The van der Waals surface area contributed by atoms with Crippen LogP contribution in [0.15, 0.2) is 183 Å². The van der Waals surface area contributed by atoms with Crippen LogP contribution in [0.5, 0.6) is 34.5 Å². The normalized spacial score (nSPS) is 17.0. The van der Waals surface area contributed by atoms with Crippen molar-refractivity contribution in [3.05, 3.63) is 238 Å². The number of nitrogens with zero attached hydrogens (tertiary/aromatic N) is 9. The fourth-order valence-corrected chi connectivity index (χ4v) is 12.8. The molecule has 3 fully saturated rings. The second-order valence-corrected chi connectivity index (χ2v) is 24.2. The van der Waals surface area contributed by atoms with E-state index < -0.39 is 4.65 Å². The number of rotatable bonds is 12. The van der Waals surface area contributed by atoms with Crippen molar-refractivity contribution < 1.29 is 60.3 Å². The standard InChI is InChI=1S/C24H24FN3O4.2C24H24FN3O3/c25-21-6-4-19(5-7-21)20-14-18(15-27(29)16-20)17-28(30)10-8-26(9-11-28)22-2-1-3-23-24(22)32-13-12-31-23;25-21-6-4-19(5-7-21)20-14-18(15-26-16-20)17-28(29)10-8-27(9-11-28)22-2-1-3-23-24(22)31-13-12-30-23;25-21-6-4-19(5-7-21)20-14-18(16-28(29)17-20)15-26-8-10-27(11-9-26)22-2-1-3-23-24(22)31-13-12-30-23/h1-7,14-16H,8-13,17H2;1-7,14-16H,8-13,17H2;1-7,14,16-17H,8-13,15H2. The molecule has 15 rings (SSSR count). The van der Waals surface area contributed by atoms with E-state index in [9.17, 15) is 34.0 Å². The van der Waals surface area contributed by atoms with Crippen LogP contribution in [0.4, 0.5) is 30.2 Å². The van der Waals surface area contributed by atoms with E-state index in [0.717, 1.165) is 121 Å². The second kappa shape index (κ2) is 28.2. The number of halogens is 3. The van der Waals surface area contributed by atoms with E-state index in [1.807, 2.05) is 66.7 Å². The number of hydrogen-bond donors (Lipinski definition) is 0. The summed E-state index contributed by atoms with van der Waals surface area (Å²) >= 11 is 0. The van der Waals surface area contributed by atoms with Crippen molar-refractivity contribution in [2.75, 3.05) is 133 Å². The molecule has 0 bridgehead atoms. The zero-order valence-corrected chi connectivity index (χ0v) is 51.9. The van der Waals surface area contributed by atoms with Crippen LogP contribution in [0.1, 0.15) is 16.7 Å². The topological polar surface area (TPSA) is 181 Å². The molecule has 0 N–H and O–H groups in total. The van der Waals surface area contributed by atoms with Crippen molar-refractivity contribution in [1.82, 2.24) is 9.88 Å². The Morgan fingerprint density at radius 1 is 0.383 bits per heavy atom. The summed E-state index contributed by atoms with van der Waals surface area (Å²) in [5.41, 5.74) is 10.3. The van der Waals surface area contributed by atoms with Gasteiger partial charge in [0.05, 0.1) is 75.0 Å². The van der Waals surface area contributed by atoms with Crippen LogP contribution in [0.3, 0.4) is 0 Å². The third-order valence-corrected chi connectivity index (χ3v) is 17.6. The highest BCUT2D eigenvalue weighted by Crippen LogP contribution is 2.43. The minimum atomic E-state index is -0.407. The first kappa shape index (κ1) is 62.9. The lowest BCUT2D eigenvalue weighted by atomic mass is 10.1. The van der Waals surface area contributed by atoms with Crippen molar-refractivity contribution in [2.45, 2.75) is 19.6 Å². The van der Waals surface area contributed by atoms with Gasteiger partial charge in [0, 0.05) is 72.9 Å². The minimum Gasteiger partial charge on any atom is -0.632 e. The largest absolute Gasteiger partial charge is 0.632 e. The van der Waals surface area contributed by atoms with Gasteiger partial charge in [-0.15, -0.1) is 0 Å². The van der Waals surface area contributed by atoms with Crippen molar-refractivity contribution >= 4 is 17.1 Å². The number of aromatic nitrogens is 3. The third kappa shape index (κ3) is 15.1. The summed E-state index contributed by atoms with van der Waals surface area (Å²) in [6.07, 6.45) is 9.49. The van der Waals surface area contributed by atoms with E-state index >= 15 is 0 Å². The Hall–Kier alpha value is -9.84. The fraction of sp³-hybridized carbons (Fsp3) is 0.292. The van der Waals surface area contributed by atoms with Crippen molar-refractivity contribution in [3.63, 3.8) is 0 Å². The van der Waals surface area contributed by atoms with Crippen LogP contribution in [0.2, 0.25) is 0 Å². The molecule has 6 aromatic carbocycles. The summed E-state index contributed by atoms with van der Waals surface area (Å²) in [4.78, 5) is 13.3. The third-order valence-electron chi connectivity index (χ3n) is 17.6. The maximum Gasteiger partial charge on any atom is 0.189 e. The Kier molecular flexibility index (Phi) is 18.9. The summed E-state index contributed by atoms with van der Waals surface area (Å²) in [5.74, 6) is 3.76. The number of fused-ring (bicyclic) bond motifs is 3. The monoisotopic (exact) mass is 1280 g/mol. The highest BCUT2D eigenvalue weighted by molar-refractivity contribution is 5.69. The minimum absolute atomic E-state index is 0.206. The predicted octanol–water partition coefficient (Wildman–Crippen LogP) is 10.4.